The topological polar surface area (TPSA) is 67.1 Å². The average molecular weight is 227 g/mol. The summed E-state index contributed by atoms with van der Waals surface area (Å²) in [6.45, 7) is 7.20. The Morgan fingerprint density at radius 2 is 2.06 bits per heavy atom. The van der Waals surface area contributed by atoms with Crippen LogP contribution in [0.5, 0.6) is 0 Å². The lowest BCUT2D eigenvalue weighted by Crippen LogP contribution is -2.27. The van der Waals surface area contributed by atoms with Gasteiger partial charge in [-0.15, -0.1) is 10.2 Å². The number of hydrogen-bond donors (Lipinski definition) is 1. The van der Waals surface area contributed by atoms with Crippen LogP contribution in [0.25, 0.3) is 0 Å². The molecule has 1 unspecified atom stereocenters. The fourth-order valence-corrected chi connectivity index (χ4v) is 1.59. The Kier molecular flexibility index (Phi) is 5.34. The van der Waals surface area contributed by atoms with Crippen LogP contribution in [0.2, 0.25) is 0 Å². The summed E-state index contributed by atoms with van der Waals surface area (Å²) >= 11 is 0. The molecule has 1 aromatic rings. The summed E-state index contributed by atoms with van der Waals surface area (Å²) in [5, 5.41) is 21.4. The number of hydrogen-bond acceptors (Lipinski definition) is 5. The minimum atomic E-state index is -0.384. The Morgan fingerprint density at radius 1 is 1.38 bits per heavy atom. The van der Waals surface area contributed by atoms with Gasteiger partial charge in [0, 0.05) is 13.0 Å². The predicted molar refractivity (Wildman–Crippen MR) is 60.9 cm³/mol. The van der Waals surface area contributed by atoms with Gasteiger partial charge in [-0.2, -0.15) is 4.80 Å². The van der Waals surface area contributed by atoms with Gasteiger partial charge in [-0.1, -0.05) is 13.8 Å². The second-order valence-corrected chi connectivity index (χ2v) is 3.87. The Balaban J connectivity index is 2.27. The molecule has 6 nitrogen and oxygen atoms in total. The second kappa shape index (κ2) is 6.55. The van der Waals surface area contributed by atoms with Crippen LogP contribution in [0.3, 0.4) is 0 Å². The predicted octanol–water partition coefficient (Wildman–Crippen LogP) is -0.155. The summed E-state index contributed by atoms with van der Waals surface area (Å²) in [5.41, 5.74) is 0. The first-order valence-electron chi connectivity index (χ1n) is 5.79. The van der Waals surface area contributed by atoms with E-state index in [4.69, 9.17) is 0 Å². The van der Waals surface area contributed by atoms with E-state index < -0.39 is 0 Å². The van der Waals surface area contributed by atoms with Gasteiger partial charge < -0.3 is 10.0 Å². The standard InChI is InChI=1S/C10H21N5O/c1-4-15(5-2)7-6-9(16)8-10-11-13-14(3)12-10/h9,16H,4-8H2,1-3H3. The average Bonchev–Trinajstić information content (AvgIpc) is 2.65. The molecule has 0 fully saturated rings. The summed E-state index contributed by atoms with van der Waals surface area (Å²) in [5.74, 6) is 0.606. The van der Waals surface area contributed by atoms with Crippen molar-refractivity contribution in [2.24, 2.45) is 7.05 Å². The molecule has 0 aliphatic rings. The minimum absolute atomic E-state index is 0.384. The number of rotatable bonds is 7. The van der Waals surface area contributed by atoms with Crippen LogP contribution in [0.15, 0.2) is 0 Å². The fourth-order valence-electron chi connectivity index (χ4n) is 1.59. The van der Waals surface area contributed by atoms with Crippen LogP contribution in [-0.2, 0) is 13.5 Å². The molecule has 1 heterocycles. The van der Waals surface area contributed by atoms with E-state index in [9.17, 15) is 5.11 Å². The molecule has 6 heteroatoms. The van der Waals surface area contributed by atoms with Crippen LogP contribution in [0.1, 0.15) is 26.1 Å². The van der Waals surface area contributed by atoms with Crippen LogP contribution >= 0.6 is 0 Å². The summed E-state index contributed by atoms with van der Waals surface area (Å²) in [6, 6.07) is 0. The summed E-state index contributed by atoms with van der Waals surface area (Å²) < 4.78 is 0. The monoisotopic (exact) mass is 227 g/mol. The van der Waals surface area contributed by atoms with Crippen molar-refractivity contribution in [2.45, 2.75) is 32.8 Å². The number of nitrogens with zero attached hydrogens (tertiary/aromatic N) is 5. The Morgan fingerprint density at radius 3 is 2.56 bits per heavy atom. The van der Waals surface area contributed by atoms with E-state index in [0.29, 0.717) is 12.2 Å². The third kappa shape index (κ3) is 4.24. The van der Waals surface area contributed by atoms with Gasteiger partial charge in [0.25, 0.3) is 0 Å². The smallest absolute Gasteiger partial charge is 0.177 e. The van der Waals surface area contributed by atoms with Crippen LogP contribution in [0.4, 0.5) is 0 Å². The third-order valence-electron chi connectivity index (χ3n) is 2.64. The molecule has 16 heavy (non-hydrogen) atoms. The zero-order valence-electron chi connectivity index (χ0n) is 10.3. The molecule has 0 aliphatic carbocycles. The van der Waals surface area contributed by atoms with Gasteiger partial charge in [0.15, 0.2) is 5.82 Å². The molecule has 0 aliphatic heterocycles. The highest BCUT2D eigenvalue weighted by Crippen LogP contribution is 2.01. The molecular formula is C10H21N5O. The molecule has 0 amide bonds. The van der Waals surface area contributed by atoms with Crippen LogP contribution in [0, 0.1) is 0 Å². The maximum absolute atomic E-state index is 9.81. The van der Waals surface area contributed by atoms with E-state index in [1.807, 2.05) is 0 Å². The summed E-state index contributed by atoms with van der Waals surface area (Å²) in [4.78, 5) is 3.69. The zero-order chi connectivity index (χ0) is 12.0. The van der Waals surface area contributed by atoms with Crippen molar-refractivity contribution in [1.29, 1.82) is 0 Å². The molecule has 0 spiro atoms. The van der Waals surface area contributed by atoms with Gasteiger partial charge in [0.2, 0.25) is 0 Å². The van der Waals surface area contributed by atoms with Crippen molar-refractivity contribution in [3.05, 3.63) is 5.82 Å². The second-order valence-electron chi connectivity index (χ2n) is 3.87. The van der Waals surface area contributed by atoms with Gasteiger partial charge in [0.05, 0.1) is 13.2 Å². The Hall–Kier alpha value is -1.01. The number of aliphatic hydroxyl groups is 1. The lowest BCUT2D eigenvalue weighted by molar-refractivity contribution is 0.141. The van der Waals surface area contributed by atoms with Gasteiger partial charge in [-0.3, -0.25) is 0 Å². The van der Waals surface area contributed by atoms with Crippen molar-refractivity contribution in [3.63, 3.8) is 0 Å². The Bertz CT molecular complexity index is 297. The number of aryl methyl sites for hydroxylation is 1. The largest absolute Gasteiger partial charge is 0.393 e. The molecule has 0 saturated carbocycles. The molecule has 1 aromatic heterocycles. The lowest BCUT2D eigenvalue weighted by Gasteiger charge is -2.19. The first kappa shape index (κ1) is 13.1. The van der Waals surface area contributed by atoms with Crippen molar-refractivity contribution in [1.82, 2.24) is 25.1 Å². The molecule has 0 aromatic carbocycles. The zero-order valence-corrected chi connectivity index (χ0v) is 10.3. The van der Waals surface area contributed by atoms with E-state index in [1.54, 1.807) is 7.05 Å². The van der Waals surface area contributed by atoms with Crippen molar-refractivity contribution in [2.75, 3.05) is 19.6 Å². The van der Waals surface area contributed by atoms with Crippen molar-refractivity contribution in [3.8, 4) is 0 Å². The van der Waals surface area contributed by atoms with E-state index in [-0.39, 0.29) is 6.10 Å². The maximum atomic E-state index is 9.81. The number of aliphatic hydroxyl groups excluding tert-OH is 1. The molecular weight excluding hydrogens is 206 g/mol. The normalized spacial score (nSPS) is 13.3. The van der Waals surface area contributed by atoms with Gasteiger partial charge in [0.1, 0.15) is 0 Å². The van der Waals surface area contributed by atoms with Crippen LogP contribution in [-0.4, -0.2) is 56.0 Å². The van der Waals surface area contributed by atoms with Crippen LogP contribution < -0.4 is 0 Å². The third-order valence-corrected chi connectivity index (χ3v) is 2.64. The molecule has 1 N–H and O–H groups in total. The molecule has 0 saturated heterocycles. The van der Waals surface area contributed by atoms with E-state index in [1.165, 1.54) is 4.80 Å². The van der Waals surface area contributed by atoms with Crippen molar-refractivity contribution < 1.29 is 5.11 Å². The van der Waals surface area contributed by atoms with Crippen molar-refractivity contribution >= 4 is 0 Å². The number of aromatic nitrogens is 4. The van der Waals surface area contributed by atoms with E-state index in [2.05, 4.69) is 34.2 Å². The van der Waals surface area contributed by atoms with E-state index in [0.717, 1.165) is 26.1 Å². The molecule has 1 rings (SSSR count). The molecule has 92 valence electrons. The molecule has 0 bridgehead atoms. The quantitative estimate of drug-likeness (QED) is 0.701. The van der Waals surface area contributed by atoms with Gasteiger partial charge in [-0.25, -0.2) is 0 Å². The summed E-state index contributed by atoms with van der Waals surface area (Å²) in [7, 11) is 1.72. The Labute approximate surface area is 96.3 Å². The first-order valence-corrected chi connectivity index (χ1v) is 5.79. The van der Waals surface area contributed by atoms with E-state index >= 15 is 0 Å². The highest BCUT2D eigenvalue weighted by molar-refractivity contribution is 4.81. The highest BCUT2D eigenvalue weighted by atomic mass is 16.3. The maximum Gasteiger partial charge on any atom is 0.177 e. The lowest BCUT2D eigenvalue weighted by atomic mass is 10.1. The first-order chi connectivity index (χ1) is 7.65. The highest BCUT2D eigenvalue weighted by Gasteiger charge is 2.11. The number of tetrazole rings is 1. The molecule has 1 atom stereocenters. The van der Waals surface area contributed by atoms with Gasteiger partial charge in [-0.05, 0) is 24.7 Å². The molecule has 0 radical (unpaired) electrons. The minimum Gasteiger partial charge on any atom is -0.393 e. The fraction of sp³-hybridized carbons (Fsp3) is 0.900. The van der Waals surface area contributed by atoms with Gasteiger partial charge >= 0.3 is 0 Å². The SMILES string of the molecule is CCN(CC)CCC(O)Cc1nnn(C)n1. The summed E-state index contributed by atoms with van der Waals surface area (Å²) in [6.07, 6.45) is 0.847.